The van der Waals surface area contributed by atoms with Crippen molar-refractivity contribution in [3.63, 3.8) is 0 Å². The standard InChI is InChI=1S/C29H41N5O4.C27H37N5O4.CH4/c1-5-12-33-18-21(15-23-22-10-8-11-24-27(22)20(17-31-24)16-25(23)33)28(36)34(29(37)30-6-2)14-9-13-32(4)19-26(35)38-7-3;1-4-10-31-16-19(13-21-20-8-6-9-22-25(20)18(15-29-22)14-23(21)31)26(35)32(27(36)28-5-2)12-7-11-30(3)17-24(33)34;/h5,8,10-11,17,21,23,25,31H,1,6-7,9,12-16,18-19H2,2-4H3,(H,30,37);4,6,8-9,15,19,21,23,29H,1,5,7,10-14,16-17H2,2-3H3,(H,28,36)(H,33,34);1H4/t21-,23-,25-;19-,21-,23-;/m11./s1. The number of amides is 6. The van der Waals surface area contributed by atoms with Crippen LogP contribution in [0.5, 0.6) is 0 Å². The molecular weight excluding hydrogens is 953 g/mol. The maximum absolute atomic E-state index is 13.9. The third kappa shape index (κ3) is 13.6. The first-order chi connectivity index (χ1) is 35.7. The number of carbonyl (C=O) groups is 6. The van der Waals surface area contributed by atoms with E-state index in [-0.39, 0.29) is 86.6 Å². The number of aromatic nitrogens is 2. The Labute approximate surface area is 442 Å². The molecule has 0 spiro atoms. The van der Waals surface area contributed by atoms with Crippen molar-refractivity contribution in [2.75, 3.05) is 99.2 Å². The highest BCUT2D eigenvalue weighted by atomic mass is 16.5. The lowest BCUT2D eigenvalue weighted by atomic mass is 9.72. The van der Waals surface area contributed by atoms with Crippen molar-refractivity contribution in [2.45, 2.75) is 90.6 Å². The number of aliphatic carboxylic acids is 1. The van der Waals surface area contributed by atoms with E-state index < -0.39 is 5.97 Å². The predicted octanol–water partition coefficient (Wildman–Crippen LogP) is 6.41. The Kier molecular flexibility index (Phi) is 20.8. The highest BCUT2D eigenvalue weighted by Gasteiger charge is 2.46. The molecule has 5 N–H and O–H groups in total. The average Bonchev–Trinajstić information content (AvgIpc) is 3.99. The summed E-state index contributed by atoms with van der Waals surface area (Å²) in [5.74, 6) is -1.70. The SMILES string of the molecule is C.C=CCN1C[C@H](C(=O)N(CCCN(C)CC(=O)O)C(=O)NCC)C[C@@H]2c3cccc4[nH]cc(c34)C[C@H]21.C=CCN1C[C@H](C(=O)N(CCCN(C)CC(=O)OCC)C(=O)NCC)C[C@@H]2c3cccc4[nH]cc(c34)C[C@H]21. The quantitative estimate of drug-likeness (QED) is 0.0454. The van der Waals surface area contributed by atoms with E-state index in [0.29, 0.717) is 97.2 Å². The van der Waals surface area contributed by atoms with Crippen LogP contribution in [0, 0.1) is 11.8 Å². The summed E-state index contributed by atoms with van der Waals surface area (Å²) in [6.45, 7) is 18.8. The molecule has 8 rings (SSSR count). The van der Waals surface area contributed by atoms with Gasteiger partial charge in [0.2, 0.25) is 11.8 Å². The van der Waals surface area contributed by atoms with Crippen molar-refractivity contribution in [3.05, 3.63) is 96.4 Å². The van der Waals surface area contributed by atoms with Crippen LogP contribution in [0.25, 0.3) is 21.8 Å². The number of ether oxygens (including phenoxy) is 1. The Morgan fingerprint density at radius 3 is 1.53 bits per heavy atom. The number of imide groups is 2. The number of H-pyrrole nitrogens is 2. The fraction of sp³-hybridized carbons (Fsp3) is 0.544. The van der Waals surface area contributed by atoms with Crippen LogP contribution in [-0.2, 0) is 36.8 Å². The number of carboxylic acids is 1. The second-order valence-electron chi connectivity index (χ2n) is 20.3. The molecule has 0 unspecified atom stereocenters. The normalized spacial score (nSPS) is 20.7. The molecule has 2 saturated heterocycles. The number of likely N-dealkylation sites (N-methyl/N-ethyl adjacent to an activating group) is 2. The van der Waals surface area contributed by atoms with Crippen molar-refractivity contribution in [1.82, 2.24) is 50.0 Å². The number of esters is 1. The summed E-state index contributed by atoms with van der Waals surface area (Å²) < 4.78 is 5.02. The molecule has 2 aliphatic carbocycles. The van der Waals surface area contributed by atoms with E-state index in [2.05, 4.69) is 92.4 Å². The molecule has 2 aliphatic heterocycles. The molecule has 0 bridgehead atoms. The van der Waals surface area contributed by atoms with Gasteiger partial charge in [-0.15, -0.1) is 13.2 Å². The number of carbonyl (C=O) groups excluding carboxylic acids is 5. The minimum Gasteiger partial charge on any atom is -0.480 e. The van der Waals surface area contributed by atoms with E-state index in [4.69, 9.17) is 9.84 Å². The Bertz CT molecular complexity index is 2650. The van der Waals surface area contributed by atoms with Crippen molar-refractivity contribution in [2.24, 2.45) is 11.8 Å². The molecule has 408 valence electrons. The van der Waals surface area contributed by atoms with Gasteiger partial charge in [-0.2, -0.15) is 0 Å². The van der Waals surface area contributed by atoms with Crippen LogP contribution in [0.2, 0.25) is 0 Å². The van der Waals surface area contributed by atoms with Crippen LogP contribution in [0.3, 0.4) is 0 Å². The lowest BCUT2D eigenvalue weighted by Gasteiger charge is -2.47. The van der Waals surface area contributed by atoms with Gasteiger partial charge in [-0.25, -0.2) is 9.59 Å². The van der Waals surface area contributed by atoms with Crippen LogP contribution in [0.1, 0.15) is 88.0 Å². The number of nitrogens with zero attached hydrogens (tertiary/aromatic N) is 6. The summed E-state index contributed by atoms with van der Waals surface area (Å²) in [5, 5.41) is 17.1. The molecule has 2 fully saturated rings. The van der Waals surface area contributed by atoms with E-state index in [9.17, 15) is 28.8 Å². The number of rotatable bonds is 21. The number of nitrogens with one attached hydrogen (secondary N) is 4. The number of likely N-dealkylation sites (tertiary alicyclic amines) is 2. The monoisotopic (exact) mass is 1030 g/mol. The summed E-state index contributed by atoms with van der Waals surface area (Å²) in [6.07, 6.45) is 12.3. The molecule has 6 atom stereocenters. The third-order valence-corrected chi connectivity index (χ3v) is 15.2. The zero-order valence-electron chi connectivity index (χ0n) is 44.1. The summed E-state index contributed by atoms with van der Waals surface area (Å²) in [7, 11) is 3.56. The first-order valence-corrected chi connectivity index (χ1v) is 26.5. The third-order valence-electron chi connectivity index (χ3n) is 15.2. The van der Waals surface area contributed by atoms with Gasteiger partial charge in [0.05, 0.1) is 31.5 Å². The highest BCUT2D eigenvalue weighted by Crippen LogP contribution is 2.46. The van der Waals surface area contributed by atoms with E-state index in [1.165, 1.54) is 42.8 Å². The smallest absolute Gasteiger partial charge is 0.324 e. The van der Waals surface area contributed by atoms with Gasteiger partial charge in [-0.3, -0.25) is 48.6 Å². The summed E-state index contributed by atoms with van der Waals surface area (Å²) in [4.78, 5) is 94.2. The maximum atomic E-state index is 13.9. The molecule has 0 saturated carbocycles. The minimum atomic E-state index is -0.902. The number of carboxylic acid groups (broad SMARTS) is 1. The lowest BCUT2D eigenvalue weighted by Crippen LogP contribution is -2.55. The second-order valence-corrected chi connectivity index (χ2v) is 20.3. The van der Waals surface area contributed by atoms with Gasteiger partial charge in [0.1, 0.15) is 0 Å². The van der Waals surface area contributed by atoms with Crippen LogP contribution in [-0.4, -0.2) is 192 Å². The van der Waals surface area contributed by atoms with E-state index in [0.717, 1.165) is 23.9 Å². The molecule has 18 heteroatoms. The zero-order valence-corrected chi connectivity index (χ0v) is 44.1. The first kappa shape index (κ1) is 57.9. The van der Waals surface area contributed by atoms with Crippen molar-refractivity contribution in [3.8, 4) is 0 Å². The molecule has 4 aromatic rings. The Morgan fingerprint density at radius 2 is 1.13 bits per heavy atom. The average molecular weight is 1040 g/mol. The van der Waals surface area contributed by atoms with Gasteiger partial charge in [0.15, 0.2) is 0 Å². The van der Waals surface area contributed by atoms with Crippen LogP contribution in [0.4, 0.5) is 9.59 Å². The molecule has 4 heterocycles. The van der Waals surface area contributed by atoms with Crippen molar-refractivity contribution in [1.29, 1.82) is 0 Å². The molecule has 18 nitrogen and oxygen atoms in total. The number of urea groups is 2. The molecule has 75 heavy (non-hydrogen) atoms. The topological polar surface area (TPSA) is 207 Å². The zero-order chi connectivity index (χ0) is 53.1. The van der Waals surface area contributed by atoms with Crippen LogP contribution in [0.15, 0.2) is 74.1 Å². The van der Waals surface area contributed by atoms with Crippen LogP contribution < -0.4 is 10.6 Å². The first-order valence-electron chi connectivity index (χ1n) is 26.5. The Balaban J connectivity index is 0.000000241. The van der Waals surface area contributed by atoms with Crippen molar-refractivity contribution < 1.29 is 38.6 Å². The Hall–Kier alpha value is -6.34. The van der Waals surface area contributed by atoms with Gasteiger partial charge < -0.3 is 30.4 Å². The number of hydrogen-bond acceptors (Lipinski definition) is 11. The summed E-state index contributed by atoms with van der Waals surface area (Å²) in [5.41, 5.74) is 7.45. The van der Waals surface area contributed by atoms with Gasteiger partial charge >= 0.3 is 24.0 Å². The second kappa shape index (κ2) is 26.9. The van der Waals surface area contributed by atoms with E-state index in [1.807, 2.05) is 37.9 Å². The lowest BCUT2D eigenvalue weighted by molar-refractivity contribution is -0.144. The summed E-state index contributed by atoms with van der Waals surface area (Å²) in [6, 6.07) is 12.5. The Morgan fingerprint density at radius 1 is 0.693 bits per heavy atom. The van der Waals surface area contributed by atoms with Crippen molar-refractivity contribution >= 4 is 57.6 Å². The van der Waals surface area contributed by atoms with Gasteiger partial charge in [0, 0.05) is 124 Å². The number of hydrogen-bond donors (Lipinski definition) is 5. The number of piperidine rings is 2. The van der Waals surface area contributed by atoms with E-state index in [1.54, 1.807) is 18.9 Å². The molecular formula is C57H82N10O8. The maximum Gasteiger partial charge on any atom is 0.324 e. The van der Waals surface area contributed by atoms with Gasteiger partial charge in [-0.05, 0) is 108 Å². The summed E-state index contributed by atoms with van der Waals surface area (Å²) >= 11 is 0. The largest absolute Gasteiger partial charge is 0.480 e. The predicted molar refractivity (Wildman–Crippen MR) is 294 cm³/mol. The fourth-order valence-electron chi connectivity index (χ4n) is 12.1. The molecule has 4 aliphatic rings. The minimum absolute atomic E-state index is 0. The molecule has 2 aromatic carbocycles. The fourth-order valence-corrected chi connectivity index (χ4v) is 12.1. The molecule has 0 radical (unpaired) electrons. The molecule has 6 amide bonds. The highest BCUT2D eigenvalue weighted by molar-refractivity contribution is 5.97. The molecule has 2 aromatic heterocycles. The number of fused-ring (bicyclic) bond motifs is 4. The number of benzene rings is 2. The van der Waals surface area contributed by atoms with Gasteiger partial charge in [0.25, 0.3) is 0 Å². The number of aromatic amines is 2. The van der Waals surface area contributed by atoms with E-state index >= 15 is 0 Å². The van der Waals surface area contributed by atoms with Gasteiger partial charge in [-0.1, -0.05) is 43.8 Å². The van der Waals surface area contributed by atoms with Crippen LogP contribution >= 0.6 is 0 Å².